The minimum absolute atomic E-state index is 0.0211. The van der Waals surface area contributed by atoms with E-state index in [4.69, 9.17) is 11.6 Å². The Balaban J connectivity index is 2.26. The largest absolute Gasteiger partial charge is 0.406 e. The third-order valence-corrected chi connectivity index (χ3v) is 3.37. The van der Waals surface area contributed by atoms with E-state index in [2.05, 4.69) is 20.9 Å². The van der Waals surface area contributed by atoms with Crippen LogP contribution in [0.3, 0.4) is 0 Å². The Bertz CT molecular complexity index is 505. The van der Waals surface area contributed by atoms with Crippen molar-refractivity contribution < 1.29 is 18.0 Å². The molecule has 1 heterocycles. The fourth-order valence-electron chi connectivity index (χ4n) is 1.67. The van der Waals surface area contributed by atoms with Crippen molar-refractivity contribution in [2.75, 3.05) is 6.54 Å². The zero-order chi connectivity index (χ0) is 14.2. The summed E-state index contributed by atoms with van der Waals surface area (Å²) >= 11 is 8.88. The van der Waals surface area contributed by atoms with Crippen molar-refractivity contribution in [3.63, 3.8) is 0 Å². The van der Waals surface area contributed by atoms with Gasteiger partial charge in [-0.05, 0) is 34.8 Å². The standard InChI is InChI=1S/C11H9BrClF3N2O/c12-6-3-8(9(13)17-4-6)10(19)18(7-1-2-7)5-11(14,15)16/h3-4,7H,1-2,5H2. The number of amides is 1. The van der Waals surface area contributed by atoms with Crippen molar-refractivity contribution in [2.45, 2.75) is 25.1 Å². The van der Waals surface area contributed by atoms with Gasteiger partial charge in [0.05, 0.1) is 5.56 Å². The zero-order valence-electron chi connectivity index (χ0n) is 9.55. The maximum absolute atomic E-state index is 12.5. The first-order valence-electron chi connectivity index (χ1n) is 5.46. The number of alkyl halides is 3. The highest BCUT2D eigenvalue weighted by Gasteiger charge is 2.41. The summed E-state index contributed by atoms with van der Waals surface area (Å²) in [6, 6.07) is 1.02. The number of halogens is 5. The first-order valence-corrected chi connectivity index (χ1v) is 6.64. The fourth-order valence-corrected chi connectivity index (χ4v) is 2.19. The highest BCUT2D eigenvalue weighted by atomic mass is 79.9. The normalized spacial score (nSPS) is 15.4. The molecule has 104 valence electrons. The van der Waals surface area contributed by atoms with Gasteiger partial charge in [0.15, 0.2) is 0 Å². The Kier molecular flexibility index (Phi) is 4.06. The van der Waals surface area contributed by atoms with Gasteiger partial charge in [-0.2, -0.15) is 13.2 Å². The molecule has 3 nitrogen and oxygen atoms in total. The summed E-state index contributed by atoms with van der Waals surface area (Å²) < 4.78 is 38.0. The van der Waals surface area contributed by atoms with Gasteiger partial charge in [0, 0.05) is 16.7 Å². The lowest BCUT2D eigenvalue weighted by molar-refractivity contribution is -0.141. The molecule has 19 heavy (non-hydrogen) atoms. The molecule has 1 aliphatic rings. The lowest BCUT2D eigenvalue weighted by Gasteiger charge is -2.24. The average molecular weight is 358 g/mol. The number of carbonyl (C=O) groups excluding carboxylic acids is 1. The summed E-state index contributed by atoms with van der Waals surface area (Å²) in [5, 5.41) is -0.0963. The van der Waals surface area contributed by atoms with E-state index in [9.17, 15) is 18.0 Å². The van der Waals surface area contributed by atoms with E-state index in [1.807, 2.05) is 0 Å². The van der Waals surface area contributed by atoms with E-state index in [1.165, 1.54) is 12.3 Å². The second-order valence-electron chi connectivity index (χ2n) is 4.27. The first-order chi connectivity index (χ1) is 8.78. The summed E-state index contributed by atoms with van der Waals surface area (Å²) in [5.74, 6) is -0.737. The minimum Gasteiger partial charge on any atom is -0.326 e. The molecule has 0 bridgehead atoms. The van der Waals surface area contributed by atoms with Crippen LogP contribution in [0.15, 0.2) is 16.7 Å². The van der Waals surface area contributed by atoms with Crippen LogP contribution in [0.1, 0.15) is 23.2 Å². The first kappa shape index (κ1) is 14.6. The molecule has 1 fully saturated rings. The molecule has 0 atom stereocenters. The number of nitrogens with zero attached hydrogens (tertiary/aromatic N) is 2. The lowest BCUT2D eigenvalue weighted by Crippen LogP contribution is -2.40. The van der Waals surface area contributed by atoms with Gasteiger partial charge in [0.2, 0.25) is 0 Å². The Hall–Kier alpha value is -0.820. The molecule has 0 aromatic carbocycles. The summed E-state index contributed by atoms with van der Waals surface area (Å²) in [4.78, 5) is 16.7. The number of aromatic nitrogens is 1. The molecule has 0 spiro atoms. The molecule has 1 amide bonds. The number of pyridine rings is 1. The monoisotopic (exact) mass is 356 g/mol. The highest BCUT2D eigenvalue weighted by Crippen LogP contribution is 2.32. The molecular formula is C11H9BrClF3N2O. The molecule has 0 unspecified atom stereocenters. The number of carbonyl (C=O) groups is 1. The molecule has 0 aliphatic heterocycles. The molecular weight excluding hydrogens is 348 g/mol. The summed E-state index contributed by atoms with van der Waals surface area (Å²) in [5.41, 5.74) is -0.0211. The van der Waals surface area contributed by atoms with Crippen molar-refractivity contribution in [3.8, 4) is 0 Å². The van der Waals surface area contributed by atoms with Gasteiger partial charge in [-0.15, -0.1) is 0 Å². The summed E-state index contributed by atoms with van der Waals surface area (Å²) in [6.07, 6.45) is -1.88. The van der Waals surface area contributed by atoms with E-state index >= 15 is 0 Å². The average Bonchev–Trinajstić information content (AvgIpc) is 3.11. The molecule has 1 saturated carbocycles. The predicted molar refractivity (Wildman–Crippen MR) is 67.1 cm³/mol. The quantitative estimate of drug-likeness (QED) is 0.774. The molecule has 0 N–H and O–H groups in total. The second kappa shape index (κ2) is 5.28. The van der Waals surface area contributed by atoms with Crippen LogP contribution in [0.4, 0.5) is 13.2 Å². The third kappa shape index (κ3) is 3.82. The molecule has 0 radical (unpaired) electrons. The molecule has 0 saturated heterocycles. The van der Waals surface area contributed by atoms with Gasteiger partial charge in [-0.1, -0.05) is 11.6 Å². The molecule has 8 heteroatoms. The molecule has 2 rings (SSSR count). The van der Waals surface area contributed by atoms with Crippen LogP contribution in [0.25, 0.3) is 0 Å². The summed E-state index contributed by atoms with van der Waals surface area (Å²) in [7, 11) is 0. The van der Waals surface area contributed by atoms with Crippen LogP contribution >= 0.6 is 27.5 Å². The van der Waals surface area contributed by atoms with Crippen LogP contribution < -0.4 is 0 Å². The number of rotatable bonds is 3. The Morgan fingerprint density at radius 2 is 2.16 bits per heavy atom. The minimum atomic E-state index is -4.43. The maximum Gasteiger partial charge on any atom is 0.406 e. The SMILES string of the molecule is O=C(c1cc(Br)cnc1Cl)N(CC(F)(F)F)C1CC1. The molecule has 1 aromatic heterocycles. The van der Waals surface area contributed by atoms with E-state index in [-0.39, 0.29) is 16.8 Å². The van der Waals surface area contributed by atoms with Gasteiger partial charge in [-0.25, -0.2) is 4.98 Å². The Morgan fingerprint density at radius 1 is 1.53 bits per heavy atom. The van der Waals surface area contributed by atoms with Crippen LogP contribution in [0.2, 0.25) is 5.15 Å². The number of hydrogen-bond donors (Lipinski definition) is 0. The summed E-state index contributed by atoms with van der Waals surface area (Å²) in [6.45, 7) is -1.26. The lowest BCUT2D eigenvalue weighted by atomic mass is 10.2. The topological polar surface area (TPSA) is 33.2 Å². The van der Waals surface area contributed by atoms with Crippen LogP contribution in [0.5, 0.6) is 0 Å². The van der Waals surface area contributed by atoms with Crippen LogP contribution in [0, 0.1) is 0 Å². The van der Waals surface area contributed by atoms with E-state index < -0.39 is 18.6 Å². The van der Waals surface area contributed by atoms with Gasteiger partial charge in [-0.3, -0.25) is 4.79 Å². The van der Waals surface area contributed by atoms with Crippen molar-refractivity contribution in [1.82, 2.24) is 9.88 Å². The van der Waals surface area contributed by atoms with Crippen molar-refractivity contribution in [1.29, 1.82) is 0 Å². The third-order valence-electron chi connectivity index (χ3n) is 2.63. The zero-order valence-corrected chi connectivity index (χ0v) is 11.9. The van der Waals surface area contributed by atoms with E-state index in [0.29, 0.717) is 17.3 Å². The van der Waals surface area contributed by atoms with Gasteiger partial charge in [0.25, 0.3) is 5.91 Å². The second-order valence-corrected chi connectivity index (χ2v) is 5.55. The van der Waals surface area contributed by atoms with Crippen molar-refractivity contribution >= 4 is 33.4 Å². The van der Waals surface area contributed by atoms with Crippen LogP contribution in [-0.4, -0.2) is 34.6 Å². The predicted octanol–water partition coefficient (Wildman–Crippen LogP) is 3.66. The van der Waals surface area contributed by atoms with Crippen molar-refractivity contribution in [2.24, 2.45) is 0 Å². The van der Waals surface area contributed by atoms with Crippen molar-refractivity contribution in [3.05, 3.63) is 27.5 Å². The fraction of sp³-hybridized carbons (Fsp3) is 0.455. The van der Waals surface area contributed by atoms with E-state index in [1.54, 1.807) is 0 Å². The smallest absolute Gasteiger partial charge is 0.326 e. The van der Waals surface area contributed by atoms with Gasteiger partial charge >= 0.3 is 6.18 Å². The molecule has 1 aliphatic carbocycles. The van der Waals surface area contributed by atoms with E-state index in [0.717, 1.165) is 4.90 Å². The Morgan fingerprint density at radius 3 is 2.68 bits per heavy atom. The van der Waals surface area contributed by atoms with Crippen LogP contribution in [-0.2, 0) is 0 Å². The maximum atomic E-state index is 12.5. The van der Waals surface area contributed by atoms with Gasteiger partial charge in [0.1, 0.15) is 11.7 Å². The molecule has 1 aromatic rings. The van der Waals surface area contributed by atoms with Gasteiger partial charge < -0.3 is 4.90 Å². The highest BCUT2D eigenvalue weighted by molar-refractivity contribution is 9.10. The Labute approximate surface area is 120 Å². The number of hydrogen-bond acceptors (Lipinski definition) is 2.